The van der Waals surface area contributed by atoms with Gasteiger partial charge in [0.1, 0.15) is 12.4 Å². The van der Waals surface area contributed by atoms with Crippen LogP contribution in [0.5, 0.6) is 5.75 Å². The molecule has 8 nitrogen and oxygen atoms in total. The van der Waals surface area contributed by atoms with E-state index in [1.807, 2.05) is 11.8 Å². The molecule has 0 bridgehead atoms. The van der Waals surface area contributed by atoms with Crippen LogP contribution < -0.4 is 10.1 Å². The average Bonchev–Trinajstić information content (AvgIpc) is 3.56. The molecule has 0 saturated heterocycles. The Morgan fingerprint density at radius 1 is 1.22 bits per heavy atom. The first-order valence-electron chi connectivity index (χ1n) is 11.3. The van der Waals surface area contributed by atoms with Gasteiger partial charge in [-0.15, -0.1) is 0 Å². The minimum absolute atomic E-state index is 0.0434. The van der Waals surface area contributed by atoms with E-state index < -0.39 is 0 Å². The third kappa shape index (κ3) is 6.00. The van der Waals surface area contributed by atoms with E-state index in [0.29, 0.717) is 42.4 Å². The Labute approximate surface area is 190 Å². The molecule has 32 heavy (non-hydrogen) atoms. The fraction of sp³-hybridized carbons (Fsp3) is 0.625. The molecule has 1 N–H and O–H groups in total. The van der Waals surface area contributed by atoms with Gasteiger partial charge < -0.3 is 24.6 Å². The van der Waals surface area contributed by atoms with Crippen LogP contribution in [0.2, 0.25) is 0 Å². The molecule has 8 heteroatoms. The van der Waals surface area contributed by atoms with Crippen LogP contribution in [0.25, 0.3) is 0 Å². The Balaban J connectivity index is 1.93. The molecule has 3 atom stereocenters. The van der Waals surface area contributed by atoms with Gasteiger partial charge in [-0.25, -0.2) is 0 Å². The van der Waals surface area contributed by atoms with E-state index in [0.717, 1.165) is 12.8 Å². The van der Waals surface area contributed by atoms with Crippen molar-refractivity contribution in [1.82, 2.24) is 9.80 Å². The minimum atomic E-state index is -0.213. The number of rotatable bonds is 4. The van der Waals surface area contributed by atoms with Gasteiger partial charge in [0.15, 0.2) is 0 Å². The maximum atomic E-state index is 13.2. The number of benzene rings is 1. The molecule has 1 fully saturated rings. The summed E-state index contributed by atoms with van der Waals surface area (Å²) in [6.07, 6.45) is 2.59. The SMILES string of the molecule is CO[C@@H]1CN(C)C(=O)c2ccc(NC(C)=O)cc2OC[C@H](C)N(C(=O)CC2CC2)C[C@H]1C. The average molecular weight is 446 g/mol. The number of carbonyl (C=O) groups excluding carboxylic acids is 3. The second kappa shape index (κ2) is 10.3. The Morgan fingerprint density at radius 3 is 2.56 bits per heavy atom. The monoisotopic (exact) mass is 445 g/mol. The number of methoxy groups -OCH3 is 1. The highest BCUT2D eigenvalue weighted by Crippen LogP contribution is 2.33. The zero-order valence-electron chi connectivity index (χ0n) is 19.7. The van der Waals surface area contributed by atoms with Gasteiger partial charge in [-0.2, -0.15) is 0 Å². The van der Waals surface area contributed by atoms with Crippen LogP contribution in [0.3, 0.4) is 0 Å². The van der Waals surface area contributed by atoms with Crippen LogP contribution in [0.1, 0.15) is 50.4 Å². The zero-order chi connectivity index (χ0) is 23.4. The largest absolute Gasteiger partial charge is 0.491 e. The number of ether oxygens (including phenoxy) is 2. The van der Waals surface area contributed by atoms with Crippen LogP contribution in [-0.2, 0) is 14.3 Å². The number of anilines is 1. The van der Waals surface area contributed by atoms with Gasteiger partial charge in [-0.05, 0) is 37.8 Å². The summed E-state index contributed by atoms with van der Waals surface area (Å²) in [5, 5.41) is 2.73. The van der Waals surface area contributed by atoms with Crippen LogP contribution in [0.4, 0.5) is 5.69 Å². The number of amides is 3. The maximum Gasteiger partial charge on any atom is 0.257 e. The van der Waals surface area contributed by atoms with Crippen molar-refractivity contribution in [3.63, 3.8) is 0 Å². The Morgan fingerprint density at radius 2 is 1.94 bits per heavy atom. The lowest BCUT2D eigenvalue weighted by atomic mass is 10.0. The summed E-state index contributed by atoms with van der Waals surface area (Å²) < 4.78 is 11.8. The summed E-state index contributed by atoms with van der Waals surface area (Å²) in [6.45, 7) is 6.62. The summed E-state index contributed by atoms with van der Waals surface area (Å²) in [5.74, 6) is 0.676. The fourth-order valence-corrected chi connectivity index (χ4v) is 4.09. The Hall–Kier alpha value is -2.61. The molecule has 1 aromatic rings. The van der Waals surface area contributed by atoms with E-state index in [2.05, 4.69) is 12.2 Å². The summed E-state index contributed by atoms with van der Waals surface area (Å²) >= 11 is 0. The predicted molar refractivity (Wildman–Crippen MR) is 122 cm³/mol. The first kappa shape index (κ1) is 24.0. The van der Waals surface area contributed by atoms with Gasteiger partial charge in [-0.3, -0.25) is 14.4 Å². The van der Waals surface area contributed by atoms with E-state index in [4.69, 9.17) is 9.47 Å². The number of hydrogen-bond donors (Lipinski definition) is 1. The molecule has 1 heterocycles. The summed E-state index contributed by atoms with van der Waals surface area (Å²) in [6, 6.07) is 4.84. The molecule has 1 aliphatic heterocycles. The van der Waals surface area contributed by atoms with Crippen LogP contribution in [-0.4, -0.2) is 73.5 Å². The predicted octanol–water partition coefficient (Wildman–Crippen LogP) is 2.78. The lowest BCUT2D eigenvalue weighted by Crippen LogP contribution is -2.48. The van der Waals surface area contributed by atoms with Crippen molar-refractivity contribution in [2.45, 2.75) is 52.2 Å². The highest BCUT2D eigenvalue weighted by Gasteiger charge is 2.33. The van der Waals surface area contributed by atoms with Gasteiger partial charge in [0, 0.05) is 58.3 Å². The molecule has 0 radical (unpaired) electrons. The third-order valence-corrected chi connectivity index (χ3v) is 6.25. The van der Waals surface area contributed by atoms with Gasteiger partial charge in [-0.1, -0.05) is 6.92 Å². The first-order valence-corrected chi connectivity index (χ1v) is 11.3. The Kier molecular flexibility index (Phi) is 7.77. The van der Waals surface area contributed by atoms with E-state index in [-0.39, 0.29) is 42.4 Å². The first-order chi connectivity index (χ1) is 15.2. The van der Waals surface area contributed by atoms with Gasteiger partial charge in [0.25, 0.3) is 5.91 Å². The van der Waals surface area contributed by atoms with E-state index >= 15 is 0 Å². The minimum Gasteiger partial charge on any atom is -0.491 e. The number of carbonyl (C=O) groups is 3. The highest BCUT2D eigenvalue weighted by molar-refractivity contribution is 5.98. The molecule has 3 amide bonds. The van der Waals surface area contributed by atoms with Crippen molar-refractivity contribution < 1.29 is 23.9 Å². The van der Waals surface area contributed by atoms with E-state index in [9.17, 15) is 14.4 Å². The lowest BCUT2D eigenvalue weighted by molar-refractivity contribution is -0.135. The molecule has 0 unspecified atom stereocenters. The summed E-state index contributed by atoms with van der Waals surface area (Å²) in [7, 11) is 3.37. The smallest absolute Gasteiger partial charge is 0.257 e. The van der Waals surface area contributed by atoms with Crippen molar-refractivity contribution in [1.29, 1.82) is 0 Å². The van der Waals surface area contributed by atoms with E-state index in [1.165, 1.54) is 6.92 Å². The molecule has 2 aliphatic rings. The number of hydrogen-bond acceptors (Lipinski definition) is 5. The third-order valence-electron chi connectivity index (χ3n) is 6.25. The molecular formula is C24H35N3O5. The van der Waals surface area contributed by atoms with Crippen molar-refractivity contribution >= 4 is 23.4 Å². The molecular weight excluding hydrogens is 410 g/mol. The molecule has 0 spiro atoms. The molecule has 1 saturated carbocycles. The molecule has 1 aromatic carbocycles. The quantitative estimate of drug-likeness (QED) is 0.770. The highest BCUT2D eigenvalue weighted by atomic mass is 16.5. The van der Waals surface area contributed by atoms with Crippen molar-refractivity contribution in [3.05, 3.63) is 23.8 Å². The lowest BCUT2D eigenvalue weighted by Gasteiger charge is -2.36. The van der Waals surface area contributed by atoms with Gasteiger partial charge in [0.2, 0.25) is 11.8 Å². The topological polar surface area (TPSA) is 88.2 Å². The number of nitrogens with one attached hydrogen (secondary N) is 1. The fourth-order valence-electron chi connectivity index (χ4n) is 4.09. The molecule has 3 rings (SSSR count). The van der Waals surface area contributed by atoms with Crippen molar-refractivity contribution in [2.75, 3.05) is 39.2 Å². The standard InChI is InChI=1S/C24H35N3O5/c1-15-12-27(23(29)10-18-6-7-18)16(2)14-32-21-11-19(25-17(3)28)8-9-20(21)24(30)26(4)13-22(15)31-5/h8-9,11,15-16,18,22H,6-7,10,12-14H2,1-5H3,(H,25,28)/t15-,16+,22-/m1/s1. The summed E-state index contributed by atoms with van der Waals surface area (Å²) in [5.41, 5.74) is 0.962. The Bertz CT molecular complexity index is 854. The van der Waals surface area contributed by atoms with E-state index in [1.54, 1.807) is 37.3 Å². The normalized spacial score (nSPS) is 24.7. The number of likely N-dealkylation sites (N-methyl/N-ethyl adjacent to an activating group) is 1. The second-order valence-electron chi connectivity index (χ2n) is 9.18. The molecule has 1 aliphatic carbocycles. The zero-order valence-corrected chi connectivity index (χ0v) is 19.7. The second-order valence-corrected chi connectivity index (χ2v) is 9.18. The molecule has 176 valence electrons. The van der Waals surface area contributed by atoms with Crippen LogP contribution in [0.15, 0.2) is 18.2 Å². The van der Waals surface area contributed by atoms with Crippen LogP contribution >= 0.6 is 0 Å². The maximum absolute atomic E-state index is 13.2. The van der Waals surface area contributed by atoms with Crippen molar-refractivity contribution in [3.8, 4) is 5.75 Å². The van der Waals surface area contributed by atoms with Gasteiger partial charge in [0.05, 0.1) is 17.7 Å². The molecule has 0 aromatic heterocycles. The van der Waals surface area contributed by atoms with Gasteiger partial charge >= 0.3 is 0 Å². The van der Waals surface area contributed by atoms with Crippen LogP contribution in [0, 0.1) is 11.8 Å². The number of nitrogens with zero attached hydrogens (tertiary/aromatic N) is 2. The van der Waals surface area contributed by atoms with Crippen molar-refractivity contribution in [2.24, 2.45) is 11.8 Å². The summed E-state index contributed by atoms with van der Waals surface area (Å²) in [4.78, 5) is 41.2. The number of fused-ring (bicyclic) bond motifs is 1.